The molecule has 1 rings (SSSR count). The van der Waals surface area contributed by atoms with Crippen molar-refractivity contribution in [3.63, 3.8) is 0 Å². The number of aromatic carboxylic acids is 1. The first-order valence-corrected chi connectivity index (χ1v) is 4.34. The lowest BCUT2D eigenvalue weighted by Gasteiger charge is -2.09. The monoisotopic (exact) mass is 198 g/mol. The minimum Gasteiger partial charge on any atom is -0.478 e. The van der Waals surface area contributed by atoms with Gasteiger partial charge in [-0.05, 0) is 13.8 Å². The molecule has 78 valence electrons. The van der Waals surface area contributed by atoms with Crippen LogP contribution < -0.4 is 0 Å². The maximum atomic E-state index is 10.7. The normalized spacial score (nSPS) is 12.8. The molecule has 0 aliphatic rings. The van der Waals surface area contributed by atoms with Gasteiger partial charge in [-0.2, -0.15) is 5.10 Å². The first-order valence-electron chi connectivity index (χ1n) is 4.34. The lowest BCUT2D eigenvalue weighted by Crippen LogP contribution is -2.11. The molecule has 0 bridgehead atoms. The predicted octanol–water partition coefficient (Wildman–Crippen LogP) is 1.10. The number of aromatic nitrogens is 2. The van der Waals surface area contributed by atoms with Crippen LogP contribution in [0.1, 0.15) is 29.0 Å². The molecule has 1 atom stereocenters. The van der Waals surface area contributed by atoms with Crippen LogP contribution in [0.3, 0.4) is 0 Å². The molecule has 0 unspecified atom stereocenters. The van der Waals surface area contributed by atoms with E-state index >= 15 is 0 Å². The van der Waals surface area contributed by atoms with E-state index in [1.165, 1.54) is 6.20 Å². The Bertz CT molecular complexity index is 333. The lowest BCUT2D eigenvalue weighted by atomic mass is 10.3. The Morgan fingerprint density at radius 1 is 1.79 bits per heavy atom. The topological polar surface area (TPSA) is 64.3 Å². The smallest absolute Gasteiger partial charge is 0.339 e. The number of methoxy groups -OCH3 is 1. The Hall–Kier alpha value is -1.36. The number of carboxylic acid groups (broad SMARTS) is 1. The molecule has 0 radical (unpaired) electrons. The summed E-state index contributed by atoms with van der Waals surface area (Å²) < 4.78 is 6.57. The van der Waals surface area contributed by atoms with Crippen LogP contribution in [0.4, 0.5) is 0 Å². The van der Waals surface area contributed by atoms with Crippen LogP contribution >= 0.6 is 0 Å². The third kappa shape index (κ3) is 2.11. The molecule has 0 amide bonds. The van der Waals surface area contributed by atoms with Gasteiger partial charge in [0.2, 0.25) is 0 Å². The van der Waals surface area contributed by atoms with Gasteiger partial charge < -0.3 is 9.84 Å². The van der Waals surface area contributed by atoms with E-state index in [0.717, 1.165) is 0 Å². The summed E-state index contributed by atoms with van der Waals surface area (Å²) >= 11 is 0. The molecule has 0 saturated heterocycles. The van der Waals surface area contributed by atoms with Crippen LogP contribution in [-0.2, 0) is 4.74 Å². The number of aryl methyl sites for hydroxylation is 1. The maximum Gasteiger partial charge on any atom is 0.339 e. The summed E-state index contributed by atoms with van der Waals surface area (Å²) in [5.41, 5.74) is 0.772. The average Bonchev–Trinajstić information content (AvgIpc) is 2.48. The Morgan fingerprint density at radius 3 is 2.86 bits per heavy atom. The molecule has 1 aromatic heterocycles. The Labute approximate surface area is 82.3 Å². The lowest BCUT2D eigenvalue weighted by molar-refractivity contribution is 0.0696. The molecule has 14 heavy (non-hydrogen) atoms. The largest absolute Gasteiger partial charge is 0.478 e. The second kappa shape index (κ2) is 4.23. The van der Waals surface area contributed by atoms with Crippen molar-refractivity contribution in [2.24, 2.45) is 0 Å². The van der Waals surface area contributed by atoms with Gasteiger partial charge in [-0.3, -0.25) is 4.68 Å². The van der Waals surface area contributed by atoms with Crippen molar-refractivity contribution in [2.75, 3.05) is 13.7 Å². The van der Waals surface area contributed by atoms with Gasteiger partial charge in [-0.1, -0.05) is 0 Å². The van der Waals surface area contributed by atoms with E-state index in [1.807, 2.05) is 6.92 Å². The van der Waals surface area contributed by atoms with E-state index in [0.29, 0.717) is 12.3 Å². The van der Waals surface area contributed by atoms with Crippen molar-refractivity contribution < 1.29 is 14.6 Å². The molecule has 1 heterocycles. The molecule has 1 N–H and O–H groups in total. The second-order valence-electron chi connectivity index (χ2n) is 3.22. The number of hydrogen-bond donors (Lipinski definition) is 1. The number of hydrogen-bond acceptors (Lipinski definition) is 3. The molecule has 0 saturated carbocycles. The molecule has 1 aromatic rings. The van der Waals surface area contributed by atoms with Crippen LogP contribution in [0.5, 0.6) is 0 Å². The summed E-state index contributed by atoms with van der Waals surface area (Å²) in [6.07, 6.45) is 1.53. The maximum absolute atomic E-state index is 10.7. The zero-order chi connectivity index (χ0) is 10.7. The first kappa shape index (κ1) is 10.7. The standard InChI is InChI=1S/C9H14N2O3/c1-6(5-14-3)11-4-8(9(12)13)7(2)10-11/h4,6H,5H2,1-3H3,(H,12,13)/t6-/m1/s1. The van der Waals surface area contributed by atoms with E-state index in [9.17, 15) is 4.79 Å². The van der Waals surface area contributed by atoms with E-state index in [-0.39, 0.29) is 11.6 Å². The SMILES string of the molecule is COC[C@@H](C)n1cc(C(=O)O)c(C)n1. The van der Waals surface area contributed by atoms with Gasteiger partial charge in [0.05, 0.1) is 18.3 Å². The van der Waals surface area contributed by atoms with Crippen LogP contribution in [0.15, 0.2) is 6.20 Å². The van der Waals surface area contributed by atoms with Crippen LogP contribution in [-0.4, -0.2) is 34.6 Å². The van der Waals surface area contributed by atoms with E-state index in [2.05, 4.69) is 5.10 Å². The molecular weight excluding hydrogens is 184 g/mol. The molecule has 0 aromatic carbocycles. The van der Waals surface area contributed by atoms with Gasteiger partial charge in [0.1, 0.15) is 5.56 Å². The molecule has 0 spiro atoms. The van der Waals surface area contributed by atoms with Crippen LogP contribution in [0.2, 0.25) is 0 Å². The fraction of sp³-hybridized carbons (Fsp3) is 0.556. The summed E-state index contributed by atoms with van der Waals surface area (Å²) in [6.45, 7) is 4.11. The molecule has 5 heteroatoms. The van der Waals surface area contributed by atoms with Gasteiger partial charge in [-0.15, -0.1) is 0 Å². The highest BCUT2D eigenvalue weighted by Crippen LogP contribution is 2.10. The zero-order valence-corrected chi connectivity index (χ0v) is 8.52. The number of carboxylic acids is 1. The highest BCUT2D eigenvalue weighted by atomic mass is 16.5. The number of ether oxygens (including phenoxy) is 1. The Balaban J connectivity index is 2.90. The number of nitrogens with zero attached hydrogens (tertiary/aromatic N) is 2. The second-order valence-corrected chi connectivity index (χ2v) is 3.22. The van der Waals surface area contributed by atoms with Crippen molar-refractivity contribution in [1.82, 2.24) is 9.78 Å². The minimum absolute atomic E-state index is 0.0480. The molecule has 0 aliphatic carbocycles. The summed E-state index contributed by atoms with van der Waals surface area (Å²) in [4.78, 5) is 10.7. The predicted molar refractivity (Wildman–Crippen MR) is 50.5 cm³/mol. The third-order valence-corrected chi connectivity index (χ3v) is 2.01. The summed E-state index contributed by atoms with van der Waals surface area (Å²) in [7, 11) is 1.60. The van der Waals surface area contributed by atoms with Gasteiger partial charge >= 0.3 is 5.97 Å². The highest BCUT2D eigenvalue weighted by Gasteiger charge is 2.14. The van der Waals surface area contributed by atoms with Gasteiger partial charge in [0, 0.05) is 13.3 Å². The van der Waals surface area contributed by atoms with E-state index in [4.69, 9.17) is 9.84 Å². The molecular formula is C9H14N2O3. The van der Waals surface area contributed by atoms with Crippen molar-refractivity contribution in [3.05, 3.63) is 17.5 Å². The molecule has 0 aliphatic heterocycles. The van der Waals surface area contributed by atoms with E-state index in [1.54, 1.807) is 18.7 Å². The van der Waals surface area contributed by atoms with Crippen molar-refractivity contribution in [3.8, 4) is 0 Å². The van der Waals surface area contributed by atoms with Crippen LogP contribution in [0.25, 0.3) is 0 Å². The number of carbonyl (C=O) groups is 1. The highest BCUT2D eigenvalue weighted by molar-refractivity contribution is 5.88. The van der Waals surface area contributed by atoms with Gasteiger partial charge in [0.25, 0.3) is 0 Å². The fourth-order valence-corrected chi connectivity index (χ4v) is 1.23. The molecule has 5 nitrogen and oxygen atoms in total. The van der Waals surface area contributed by atoms with Crippen molar-refractivity contribution in [1.29, 1.82) is 0 Å². The minimum atomic E-state index is -0.946. The molecule has 0 fully saturated rings. The average molecular weight is 198 g/mol. The van der Waals surface area contributed by atoms with Gasteiger partial charge in [-0.25, -0.2) is 4.79 Å². The zero-order valence-electron chi connectivity index (χ0n) is 8.52. The first-order chi connectivity index (χ1) is 6.56. The number of rotatable bonds is 4. The van der Waals surface area contributed by atoms with Crippen molar-refractivity contribution in [2.45, 2.75) is 19.9 Å². The fourth-order valence-electron chi connectivity index (χ4n) is 1.23. The van der Waals surface area contributed by atoms with E-state index < -0.39 is 5.97 Å². The Morgan fingerprint density at radius 2 is 2.43 bits per heavy atom. The Kier molecular flexibility index (Phi) is 3.24. The summed E-state index contributed by atoms with van der Waals surface area (Å²) in [5, 5.41) is 12.9. The summed E-state index contributed by atoms with van der Waals surface area (Å²) in [5.74, 6) is -0.946. The van der Waals surface area contributed by atoms with Crippen LogP contribution in [0, 0.1) is 6.92 Å². The summed E-state index contributed by atoms with van der Waals surface area (Å²) in [6, 6.07) is 0.0480. The third-order valence-electron chi connectivity index (χ3n) is 2.01. The van der Waals surface area contributed by atoms with Crippen molar-refractivity contribution >= 4 is 5.97 Å². The van der Waals surface area contributed by atoms with Gasteiger partial charge in [0.15, 0.2) is 0 Å². The quantitative estimate of drug-likeness (QED) is 0.786.